The molecule has 3 heterocycles. The van der Waals surface area contributed by atoms with Gasteiger partial charge in [-0.25, -0.2) is 9.98 Å². The summed E-state index contributed by atoms with van der Waals surface area (Å²) < 4.78 is 2.54. The summed E-state index contributed by atoms with van der Waals surface area (Å²) in [5, 5.41) is 5.57. The minimum atomic E-state index is 0.462. The number of hydrogen-bond donors (Lipinski definition) is 1. The van der Waals surface area contributed by atoms with Gasteiger partial charge in [0, 0.05) is 47.9 Å². The lowest BCUT2D eigenvalue weighted by molar-refractivity contribution is 0.293. The number of nitrogens with zero attached hydrogens (tertiary/aromatic N) is 4. The summed E-state index contributed by atoms with van der Waals surface area (Å²) >= 11 is 3.88. The number of rotatable bonds is 3. The van der Waals surface area contributed by atoms with E-state index in [9.17, 15) is 0 Å². The Morgan fingerprint density at radius 3 is 3.04 bits per heavy atom. The van der Waals surface area contributed by atoms with Crippen LogP contribution in [-0.4, -0.2) is 50.4 Å². The fourth-order valence-electron chi connectivity index (χ4n) is 3.96. The van der Waals surface area contributed by atoms with Gasteiger partial charge in [0.2, 0.25) is 0 Å². The second kappa shape index (κ2) is 7.58. The van der Waals surface area contributed by atoms with Gasteiger partial charge < -0.3 is 10.2 Å². The first-order valence-corrected chi connectivity index (χ1v) is 11.2. The fourth-order valence-corrected chi connectivity index (χ4v) is 6.25. The number of fused-ring (bicyclic) bond motifs is 1. The molecule has 0 atom stereocenters. The number of hydrogen-bond acceptors (Lipinski definition) is 4. The Labute approximate surface area is 157 Å². The third kappa shape index (κ3) is 3.82. The third-order valence-corrected chi connectivity index (χ3v) is 7.49. The van der Waals surface area contributed by atoms with Crippen molar-refractivity contribution in [1.82, 2.24) is 19.6 Å². The molecule has 0 radical (unpaired) electrons. The molecule has 5 nitrogen and oxygen atoms in total. The van der Waals surface area contributed by atoms with Gasteiger partial charge in [-0.3, -0.25) is 4.40 Å². The average Bonchev–Trinajstić information content (AvgIpc) is 3.21. The van der Waals surface area contributed by atoms with Crippen LogP contribution in [0, 0.1) is 0 Å². The summed E-state index contributed by atoms with van der Waals surface area (Å²) in [5.74, 6) is 2.27. The van der Waals surface area contributed by atoms with Crippen molar-refractivity contribution in [2.45, 2.75) is 50.3 Å². The lowest BCUT2D eigenvalue weighted by Crippen LogP contribution is -2.53. The molecule has 25 heavy (non-hydrogen) atoms. The predicted octanol–water partition coefficient (Wildman–Crippen LogP) is 3.61. The molecule has 1 aliphatic carbocycles. The van der Waals surface area contributed by atoms with Crippen LogP contribution >= 0.6 is 23.1 Å². The number of aliphatic imine (C=N–C) groups is 1. The van der Waals surface area contributed by atoms with E-state index in [1.165, 1.54) is 37.9 Å². The lowest BCUT2D eigenvalue weighted by Gasteiger charge is -2.45. The zero-order valence-electron chi connectivity index (χ0n) is 14.9. The van der Waals surface area contributed by atoms with E-state index in [1.807, 2.05) is 0 Å². The van der Waals surface area contributed by atoms with E-state index in [-0.39, 0.29) is 0 Å². The zero-order valence-corrected chi connectivity index (χ0v) is 16.5. The summed E-state index contributed by atoms with van der Waals surface area (Å²) in [6.07, 6.45) is 11.1. The topological polar surface area (TPSA) is 44.9 Å². The molecule has 2 aromatic heterocycles. The summed E-state index contributed by atoms with van der Waals surface area (Å²) in [4.78, 5) is 13.1. The van der Waals surface area contributed by atoms with Crippen LogP contribution in [0.3, 0.4) is 0 Å². The molecule has 2 aromatic rings. The van der Waals surface area contributed by atoms with E-state index in [1.54, 1.807) is 11.3 Å². The van der Waals surface area contributed by atoms with Crippen LogP contribution in [0.1, 0.15) is 44.7 Å². The van der Waals surface area contributed by atoms with Crippen LogP contribution in [0.5, 0.6) is 0 Å². The molecule has 1 spiro atoms. The molecular formula is C18H27N5S2. The van der Waals surface area contributed by atoms with Crippen molar-refractivity contribution in [2.24, 2.45) is 4.99 Å². The van der Waals surface area contributed by atoms with Gasteiger partial charge in [0.25, 0.3) is 0 Å². The molecule has 0 bridgehead atoms. The van der Waals surface area contributed by atoms with E-state index >= 15 is 0 Å². The highest BCUT2D eigenvalue weighted by atomic mass is 32.2. The van der Waals surface area contributed by atoms with Crippen molar-refractivity contribution in [1.29, 1.82) is 0 Å². The molecule has 0 aromatic carbocycles. The Morgan fingerprint density at radius 2 is 2.24 bits per heavy atom. The van der Waals surface area contributed by atoms with Crippen LogP contribution in [-0.2, 0) is 6.54 Å². The van der Waals surface area contributed by atoms with Gasteiger partial charge in [-0.1, -0.05) is 19.3 Å². The maximum absolute atomic E-state index is 4.91. The van der Waals surface area contributed by atoms with Crippen molar-refractivity contribution in [2.75, 3.05) is 25.4 Å². The Hall–Kier alpha value is -1.21. The van der Waals surface area contributed by atoms with Crippen molar-refractivity contribution in [3.63, 3.8) is 0 Å². The first kappa shape index (κ1) is 17.2. The Balaban J connectivity index is 1.48. The molecule has 1 aliphatic heterocycles. The molecule has 1 saturated carbocycles. The van der Waals surface area contributed by atoms with Crippen LogP contribution in [0.2, 0.25) is 0 Å². The van der Waals surface area contributed by atoms with E-state index in [0.717, 1.165) is 36.2 Å². The van der Waals surface area contributed by atoms with Gasteiger partial charge in [-0.15, -0.1) is 11.3 Å². The standard InChI is InChI=1S/C18H27N5S2/c1-2-19-16(20-12-15-13-22-8-10-24-17(22)21-15)23-9-11-25-18(14-23)6-4-3-5-7-18/h8,10,13H,2-7,9,11-12,14H2,1H3,(H,19,20). The van der Waals surface area contributed by atoms with Crippen LogP contribution in [0.15, 0.2) is 22.8 Å². The van der Waals surface area contributed by atoms with E-state index in [0.29, 0.717) is 11.3 Å². The second-order valence-corrected chi connectivity index (χ2v) is 9.44. The van der Waals surface area contributed by atoms with Crippen LogP contribution in [0.4, 0.5) is 0 Å². The monoisotopic (exact) mass is 377 g/mol. The van der Waals surface area contributed by atoms with Gasteiger partial charge in [0.1, 0.15) is 0 Å². The molecule has 0 amide bonds. The fraction of sp³-hybridized carbons (Fsp3) is 0.667. The Bertz CT molecular complexity index is 695. The van der Waals surface area contributed by atoms with Gasteiger partial charge >= 0.3 is 0 Å². The normalized spacial score (nSPS) is 21.2. The third-order valence-electron chi connectivity index (χ3n) is 5.18. The van der Waals surface area contributed by atoms with Crippen LogP contribution in [0.25, 0.3) is 4.96 Å². The molecule has 2 aliphatic rings. The largest absolute Gasteiger partial charge is 0.357 e. The van der Waals surface area contributed by atoms with Gasteiger partial charge in [-0.05, 0) is 19.8 Å². The van der Waals surface area contributed by atoms with E-state index in [2.05, 4.69) is 56.1 Å². The molecular weight excluding hydrogens is 350 g/mol. The summed E-state index contributed by atoms with van der Waals surface area (Å²) in [6.45, 7) is 5.94. The number of thiazole rings is 1. The first-order valence-electron chi connectivity index (χ1n) is 9.36. The summed E-state index contributed by atoms with van der Waals surface area (Å²) in [5.41, 5.74) is 1.04. The number of guanidine groups is 1. The van der Waals surface area contributed by atoms with E-state index < -0.39 is 0 Å². The highest BCUT2D eigenvalue weighted by Crippen LogP contribution is 2.42. The maximum atomic E-state index is 4.91. The van der Waals surface area contributed by atoms with Gasteiger partial charge in [0.05, 0.1) is 12.2 Å². The lowest BCUT2D eigenvalue weighted by atomic mass is 9.87. The minimum absolute atomic E-state index is 0.462. The van der Waals surface area contributed by atoms with Crippen molar-refractivity contribution in [3.05, 3.63) is 23.5 Å². The van der Waals surface area contributed by atoms with Crippen molar-refractivity contribution >= 4 is 34.0 Å². The zero-order chi connectivity index (χ0) is 17.1. The molecule has 7 heteroatoms. The molecule has 1 N–H and O–H groups in total. The van der Waals surface area contributed by atoms with Gasteiger partial charge in [-0.2, -0.15) is 11.8 Å². The number of nitrogens with one attached hydrogen (secondary N) is 1. The molecule has 2 fully saturated rings. The molecule has 4 rings (SSSR count). The Kier molecular flexibility index (Phi) is 5.22. The summed E-state index contributed by atoms with van der Waals surface area (Å²) in [7, 11) is 0. The highest BCUT2D eigenvalue weighted by molar-refractivity contribution is 8.00. The number of thioether (sulfide) groups is 1. The quantitative estimate of drug-likeness (QED) is 0.655. The number of imidazole rings is 1. The SMILES string of the molecule is CCNC(=NCc1cn2ccsc2n1)N1CCSC2(CCCCC2)C1. The Morgan fingerprint density at radius 1 is 1.36 bits per heavy atom. The molecule has 136 valence electrons. The minimum Gasteiger partial charge on any atom is -0.357 e. The van der Waals surface area contributed by atoms with Crippen LogP contribution < -0.4 is 5.32 Å². The van der Waals surface area contributed by atoms with Crippen molar-refractivity contribution < 1.29 is 0 Å². The molecule has 1 saturated heterocycles. The second-order valence-electron chi connectivity index (χ2n) is 7.01. The van der Waals surface area contributed by atoms with E-state index in [4.69, 9.17) is 4.99 Å². The summed E-state index contributed by atoms with van der Waals surface area (Å²) in [6, 6.07) is 0. The molecule has 0 unspecified atom stereocenters. The highest BCUT2D eigenvalue weighted by Gasteiger charge is 2.38. The smallest absolute Gasteiger partial charge is 0.194 e. The maximum Gasteiger partial charge on any atom is 0.194 e. The number of aromatic nitrogens is 2. The van der Waals surface area contributed by atoms with Crippen molar-refractivity contribution in [3.8, 4) is 0 Å². The first-order chi connectivity index (χ1) is 12.3. The predicted molar refractivity (Wildman–Crippen MR) is 108 cm³/mol. The average molecular weight is 378 g/mol. The van der Waals surface area contributed by atoms with Gasteiger partial charge in [0.15, 0.2) is 10.9 Å².